The molecule has 0 spiro atoms. The molecule has 0 fully saturated rings. The molecule has 296 valence electrons. The third-order valence-electron chi connectivity index (χ3n) is 8.84. The van der Waals surface area contributed by atoms with Crippen molar-refractivity contribution in [2.75, 3.05) is 33.0 Å². The van der Waals surface area contributed by atoms with Gasteiger partial charge in [0.05, 0.1) is 19.8 Å². The monoisotopic (exact) mass is 730 g/mol. The van der Waals surface area contributed by atoms with Crippen LogP contribution in [0.4, 0.5) is 0 Å². The summed E-state index contributed by atoms with van der Waals surface area (Å²) in [5, 5.41) is 0. The first-order valence-electron chi connectivity index (χ1n) is 20.8. The molecular weight excluding hydrogens is 649 g/mol. The van der Waals surface area contributed by atoms with Crippen LogP contribution in [0, 0.1) is 0 Å². The molecule has 0 aliphatic heterocycles. The zero-order valence-electron chi connectivity index (χ0n) is 32.6. The zero-order chi connectivity index (χ0) is 36.6. The predicted molar refractivity (Wildman–Crippen MR) is 210 cm³/mol. The molecule has 0 aliphatic rings. The molecule has 0 aromatic heterocycles. The molecule has 9 heteroatoms. The Bertz CT molecular complexity index is 823. The van der Waals surface area contributed by atoms with Gasteiger partial charge in [0.25, 0.3) is 0 Å². The summed E-state index contributed by atoms with van der Waals surface area (Å²) in [6.07, 6.45) is 41.9. The Morgan fingerprint density at radius 1 is 0.580 bits per heavy atom. The van der Waals surface area contributed by atoms with Crippen molar-refractivity contribution in [3.63, 3.8) is 0 Å². The normalized spacial score (nSPS) is 13.8. The van der Waals surface area contributed by atoms with Gasteiger partial charge in [-0.1, -0.05) is 147 Å². The van der Waals surface area contributed by atoms with E-state index in [2.05, 4.69) is 38.2 Å². The van der Waals surface area contributed by atoms with Crippen LogP contribution >= 0.6 is 7.82 Å². The Hall–Kier alpha value is -1.02. The fourth-order valence-electron chi connectivity index (χ4n) is 5.75. The summed E-state index contributed by atoms with van der Waals surface area (Å²) >= 11 is 0. The molecule has 0 heterocycles. The highest BCUT2D eigenvalue weighted by Crippen LogP contribution is 2.43. The maximum absolute atomic E-state index is 12.6. The number of carbonyl (C=O) groups excluding carboxylic acids is 1. The van der Waals surface area contributed by atoms with Crippen LogP contribution in [0.5, 0.6) is 0 Å². The molecule has 0 radical (unpaired) electrons. The van der Waals surface area contributed by atoms with Crippen molar-refractivity contribution in [1.29, 1.82) is 0 Å². The molecular formula is C41H80NO7P. The van der Waals surface area contributed by atoms with Gasteiger partial charge < -0.3 is 20.1 Å². The number of phosphoric ester groups is 1. The molecule has 2 unspecified atom stereocenters. The average molecular weight is 730 g/mol. The number of allylic oxidation sites excluding steroid dienone is 4. The fraction of sp³-hybridized carbons (Fsp3) is 0.878. The lowest BCUT2D eigenvalue weighted by atomic mass is 10.1. The first-order chi connectivity index (χ1) is 24.4. The van der Waals surface area contributed by atoms with Gasteiger partial charge in [0.15, 0.2) is 0 Å². The predicted octanol–water partition coefficient (Wildman–Crippen LogP) is 12.1. The van der Waals surface area contributed by atoms with Crippen molar-refractivity contribution in [2.45, 2.75) is 200 Å². The van der Waals surface area contributed by atoms with Crippen molar-refractivity contribution in [2.24, 2.45) is 5.73 Å². The number of carbonyl (C=O) groups is 1. The smallest absolute Gasteiger partial charge is 0.457 e. The van der Waals surface area contributed by atoms with E-state index < -0.39 is 13.9 Å². The van der Waals surface area contributed by atoms with E-state index in [-0.39, 0.29) is 32.3 Å². The molecule has 3 N–H and O–H groups in total. The summed E-state index contributed by atoms with van der Waals surface area (Å²) in [5.74, 6) is -0.336. The highest BCUT2D eigenvalue weighted by molar-refractivity contribution is 7.47. The van der Waals surface area contributed by atoms with Crippen LogP contribution in [0.25, 0.3) is 0 Å². The second kappa shape index (κ2) is 39.2. The van der Waals surface area contributed by atoms with Crippen LogP contribution in [0.2, 0.25) is 0 Å². The van der Waals surface area contributed by atoms with Gasteiger partial charge in [-0.15, -0.1) is 0 Å². The van der Waals surface area contributed by atoms with Crippen molar-refractivity contribution < 1.29 is 32.8 Å². The Labute approximate surface area is 308 Å². The first-order valence-corrected chi connectivity index (χ1v) is 22.3. The van der Waals surface area contributed by atoms with E-state index >= 15 is 0 Å². The van der Waals surface area contributed by atoms with Crippen LogP contribution in [0.3, 0.4) is 0 Å². The van der Waals surface area contributed by atoms with Gasteiger partial charge in [0, 0.05) is 19.6 Å². The van der Waals surface area contributed by atoms with Gasteiger partial charge >= 0.3 is 13.8 Å². The fourth-order valence-corrected chi connectivity index (χ4v) is 6.52. The molecule has 0 bridgehead atoms. The third kappa shape index (κ3) is 38.2. The summed E-state index contributed by atoms with van der Waals surface area (Å²) in [6, 6.07) is 0. The molecule has 0 rings (SSSR count). The Kier molecular flexibility index (Phi) is 38.4. The van der Waals surface area contributed by atoms with Gasteiger partial charge in [-0.25, -0.2) is 4.57 Å². The summed E-state index contributed by atoms with van der Waals surface area (Å²) in [4.78, 5) is 22.4. The lowest BCUT2D eigenvalue weighted by Crippen LogP contribution is -2.28. The molecule has 0 amide bonds. The first kappa shape index (κ1) is 49.0. The van der Waals surface area contributed by atoms with Crippen LogP contribution in [0.15, 0.2) is 24.3 Å². The SMILES string of the molecule is CCCCCC/C=C\CCCCCCCCOCC(COP(=O)(O)OCCN)OC(=O)CCCCCCCCC/C=C\CCCCCCCC. The summed E-state index contributed by atoms with van der Waals surface area (Å²) < 4.78 is 33.4. The van der Waals surface area contributed by atoms with E-state index in [0.717, 1.165) is 32.1 Å². The summed E-state index contributed by atoms with van der Waals surface area (Å²) in [7, 11) is -4.27. The quantitative estimate of drug-likeness (QED) is 0.0277. The number of unbranched alkanes of at least 4 members (excludes halogenated alkanes) is 23. The molecule has 8 nitrogen and oxygen atoms in total. The van der Waals surface area contributed by atoms with E-state index in [4.69, 9.17) is 24.3 Å². The van der Waals surface area contributed by atoms with Gasteiger partial charge in [-0.3, -0.25) is 13.8 Å². The minimum atomic E-state index is -4.27. The second-order valence-electron chi connectivity index (χ2n) is 13.8. The van der Waals surface area contributed by atoms with E-state index in [1.54, 1.807) is 0 Å². The summed E-state index contributed by atoms with van der Waals surface area (Å²) in [5.41, 5.74) is 5.36. The summed E-state index contributed by atoms with van der Waals surface area (Å²) in [6.45, 7) is 4.90. The number of hydrogen-bond acceptors (Lipinski definition) is 7. The topological polar surface area (TPSA) is 117 Å². The lowest BCUT2D eigenvalue weighted by molar-refractivity contribution is -0.154. The highest BCUT2D eigenvalue weighted by atomic mass is 31.2. The molecule has 0 aliphatic carbocycles. The maximum Gasteiger partial charge on any atom is 0.472 e. The van der Waals surface area contributed by atoms with Gasteiger partial charge in [-0.05, 0) is 64.2 Å². The standard InChI is InChI=1S/C41H80NO7P/c1-3-5-7-9-11-13-15-17-19-20-21-22-24-26-28-30-32-34-41(43)49-40(39-48-50(44,45)47-37-35-42)38-46-36-33-31-29-27-25-23-18-16-14-12-10-8-6-4-2/h14,16-17,19,40H,3-13,15,18,20-39,42H2,1-2H3,(H,44,45)/b16-14-,19-17-. The number of rotatable bonds is 40. The Morgan fingerprint density at radius 3 is 1.48 bits per heavy atom. The van der Waals surface area contributed by atoms with Gasteiger partial charge in [0.2, 0.25) is 0 Å². The number of hydrogen-bond donors (Lipinski definition) is 2. The largest absolute Gasteiger partial charge is 0.472 e. The molecule has 0 aromatic carbocycles. The van der Waals surface area contributed by atoms with Crippen LogP contribution < -0.4 is 5.73 Å². The minimum Gasteiger partial charge on any atom is -0.457 e. The number of phosphoric acid groups is 1. The Morgan fingerprint density at radius 2 is 1.00 bits per heavy atom. The molecule has 50 heavy (non-hydrogen) atoms. The van der Waals surface area contributed by atoms with Crippen molar-refractivity contribution in [1.82, 2.24) is 0 Å². The second-order valence-corrected chi connectivity index (χ2v) is 15.3. The van der Waals surface area contributed by atoms with E-state index in [1.807, 2.05) is 0 Å². The molecule has 0 aromatic rings. The molecule has 2 atom stereocenters. The van der Waals surface area contributed by atoms with E-state index in [1.165, 1.54) is 141 Å². The van der Waals surface area contributed by atoms with Crippen molar-refractivity contribution >= 4 is 13.8 Å². The Balaban J connectivity index is 4.05. The van der Waals surface area contributed by atoms with Crippen LogP contribution in [-0.2, 0) is 27.9 Å². The number of esters is 1. The van der Waals surface area contributed by atoms with Gasteiger partial charge in [0.1, 0.15) is 6.10 Å². The number of nitrogens with two attached hydrogens (primary N) is 1. The van der Waals surface area contributed by atoms with E-state index in [9.17, 15) is 14.3 Å². The lowest BCUT2D eigenvalue weighted by Gasteiger charge is -2.20. The van der Waals surface area contributed by atoms with Gasteiger partial charge in [-0.2, -0.15) is 0 Å². The highest BCUT2D eigenvalue weighted by Gasteiger charge is 2.25. The van der Waals surface area contributed by atoms with Crippen LogP contribution in [-0.4, -0.2) is 49.9 Å². The maximum atomic E-state index is 12.6. The third-order valence-corrected chi connectivity index (χ3v) is 9.83. The minimum absolute atomic E-state index is 0.0963. The van der Waals surface area contributed by atoms with Crippen molar-refractivity contribution in [3.8, 4) is 0 Å². The molecule has 0 saturated carbocycles. The van der Waals surface area contributed by atoms with Crippen molar-refractivity contribution in [3.05, 3.63) is 24.3 Å². The van der Waals surface area contributed by atoms with E-state index in [0.29, 0.717) is 13.0 Å². The van der Waals surface area contributed by atoms with Crippen LogP contribution in [0.1, 0.15) is 194 Å². The molecule has 0 saturated heterocycles. The zero-order valence-corrected chi connectivity index (χ0v) is 33.5. The average Bonchev–Trinajstić information content (AvgIpc) is 3.10. The number of ether oxygens (including phenoxy) is 2.